The summed E-state index contributed by atoms with van der Waals surface area (Å²) in [4.78, 5) is 23.6. The van der Waals surface area contributed by atoms with E-state index in [1.807, 2.05) is 49.4 Å². The molecule has 0 spiro atoms. The van der Waals surface area contributed by atoms with Gasteiger partial charge in [-0.05, 0) is 42.3 Å². The van der Waals surface area contributed by atoms with Crippen molar-refractivity contribution in [1.29, 1.82) is 0 Å². The normalized spacial score (nSPS) is 11.1. The van der Waals surface area contributed by atoms with Crippen LogP contribution in [0.1, 0.15) is 18.1 Å². The van der Waals surface area contributed by atoms with Gasteiger partial charge in [-0.1, -0.05) is 54.1 Å². The third-order valence-electron chi connectivity index (χ3n) is 4.85. The number of nitro groups is 1. The molecule has 1 heterocycles. The van der Waals surface area contributed by atoms with Crippen molar-refractivity contribution in [3.05, 3.63) is 105 Å². The fourth-order valence-electron chi connectivity index (χ4n) is 3.02. The van der Waals surface area contributed by atoms with Crippen LogP contribution in [0.2, 0.25) is 5.02 Å². The molecule has 3 N–H and O–H groups in total. The summed E-state index contributed by atoms with van der Waals surface area (Å²) >= 11 is 5.96. The first-order valence-electron chi connectivity index (χ1n) is 10.6. The molecule has 0 aliphatic heterocycles. The number of halogens is 1. The number of nitro benzene ring substituents is 1. The quantitative estimate of drug-likeness (QED) is 0.157. The zero-order valence-corrected chi connectivity index (χ0v) is 19.4. The van der Waals surface area contributed by atoms with E-state index in [0.717, 1.165) is 11.1 Å². The van der Waals surface area contributed by atoms with E-state index in [1.165, 1.54) is 12.1 Å². The van der Waals surface area contributed by atoms with Crippen LogP contribution in [0.5, 0.6) is 0 Å². The number of rotatable bonds is 9. The summed E-state index contributed by atoms with van der Waals surface area (Å²) < 4.78 is 0. The molecule has 0 aliphatic carbocycles. The Kier molecular flexibility index (Phi) is 7.44. The molecule has 1 aromatic heterocycles. The maximum Gasteiger partial charge on any atom is 0.269 e. The minimum Gasteiger partial charge on any atom is -0.350 e. The summed E-state index contributed by atoms with van der Waals surface area (Å²) in [6.45, 7) is 2.36. The molecule has 0 saturated carbocycles. The second-order valence-corrected chi connectivity index (χ2v) is 7.83. The summed E-state index contributed by atoms with van der Waals surface area (Å²) in [7, 11) is 0. The average molecular weight is 489 g/mol. The molecule has 0 fully saturated rings. The highest BCUT2D eigenvalue weighted by molar-refractivity contribution is 6.30. The van der Waals surface area contributed by atoms with Crippen LogP contribution in [0.4, 0.5) is 29.2 Å². The van der Waals surface area contributed by atoms with Gasteiger partial charge in [0.25, 0.3) is 5.69 Å². The molecule has 0 bridgehead atoms. The predicted octanol–water partition coefficient (Wildman–Crippen LogP) is 5.63. The third-order valence-corrected chi connectivity index (χ3v) is 5.10. The van der Waals surface area contributed by atoms with Gasteiger partial charge in [-0.15, -0.1) is 0 Å². The van der Waals surface area contributed by atoms with E-state index >= 15 is 0 Å². The van der Waals surface area contributed by atoms with E-state index in [-0.39, 0.29) is 17.6 Å². The zero-order valence-electron chi connectivity index (χ0n) is 18.6. The molecule has 3 aromatic carbocycles. The van der Waals surface area contributed by atoms with Crippen molar-refractivity contribution >= 4 is 46.5 Å². The fraction of sp³-hybridized carbons (Fsp3) is 0.0833. The Morgan fingerprint density at radius 3 is 2.26 bits per heavy atom. The van der Waals surface area contributed by atoms with Crippen molar-refractivity contribution in [2.75, 3.05) is 16.1 Å². The highest BCUT2D eigenvalue weighted by Gasteiger charge is 2.09. The molecule has 4 rings (SSSR count). The second-order valence-electron chi connectivity index (χ2n) is 7.39. The van der Waals surface area contributed by atoms with Crippen molar-refractivity contribution in [3.63, 3.8) is 0 Å². The van der Waals surface area contributed by atoms with Gasteiger partial charge in [-0.3, -0.25) is 10.1 Å². The lowest BCUT2D eigenvalue weighted by Crippen LogP contribution is -2.10. The number of nitrogens with one attached hydrogen (secondary N) is 3. The number of aromatic nitrogens is 3. The van der Waals surface area contributed by atoms with E-state index in [9.17, 15) is 10.1 Å². The van der Waals surface area contributed by atoms with Gasteiger partial charge in [0.2, 0.25) is 17.8 Å². The Morgan fingerprint density at radius 2 is 1.57 bits per heavy atom. The van der Waals surface area contributed by atoms with E-state index in [4.69, 9.17) is 11.6 Å². The van der Waals surface area contributed by atoms with E-state index in [0.29, 0.717) is 28.9 Å². The van der Waals surface area contributed by atoms with Crippen molar-refractivity contribution in [2.24, 2.45) is 5.10 Å². The summed E-state index contributed by atoms with van der Waals surface area (Å²) in [5.41, 5.74) is 6.11. The lowest BCUT2D eigenvalue weighted by molar-refractivity contribution is -0.384. The smallest absolute Gasteiger partial charge is 0.269 e. The van der Waals surface area contributed by atoms with Crippen molar-refractivity contribution in [3.8, 4) is 0 Å². The average Bonchev–Trinajstić information content (AvgIpc) is 2.87. The standard InChI is InChI=1S/C24H21ClN8O2/c1-16(18-7-9-19(25)10-8-18)31-32-24-29-22(26-15-17-5-3-2-4-6-17)28-23(30-24)27-20-11-13-21(14-12-20)33(34)35/h2-14H,15H2,1H3,(H3,26,27,28,29,30,32)/b31-16+. The third kappa shape index (κ3) is 6.71. The Morgan fingerprint density at radius 1 is 0.914 bits per heavy atom. The predicted molar refractivity (Wildman–Crippen MR) is 137 cm³/mol. The number of non-ortho nitro benzene ring substituents is 1. The maximum atomic E-state index is 10.9. The van der Waals surface area contributed by atoms with Crippen LogP contribution in [-0.2, 0) is 6.54 Å². The lowest BCUT2D eigenvalue weighted by Gasteiger charge is -2.10. The molecule has 35 heavy (non-hydrogen) atoms. The Bertz CT molecular complexity index is 1330. The van der Waals surface area contributed by atoms with E-state index in [2.05, 4.69) is 36.1 Å². The van der Waals surface area contributed by atoms with E-state index in [1.54, 1.807) is 24.3 Å². The van der Waals surface area contributed by atoms with Crippen LogP contribution in [0.3, 0.4) is 0 Å². The number of anilines is 4. The fourth-order valence-corrected chi connectivity index (χ4v) is 3.15. The van der Waals surface area contributed by atoms with Gasteiger partial charge in [0.1, 0.15) is 0 Å². The maximum absolute atomic E-state index is 10.9. The zero-order chi connectivity index (χ0) is 24.6. The van der Waals surface area contributed by atoms with Crippen molar-refractivity contribution < 1.29 is 4.92 Å². The SMILES string of the molecule is C/C(=N\Nc1nc(NCc2ccccc2)nc(Nc2ccc([N+](=O)[O-])cc2)n1)c1ccc(Cl)cc1. The largest absolute Gasteiger partial charge is 0.350 e. The summed E-state index contributed by atoms with van der Waals surface area (Å²) in [5, 5.41) is 22.2. The van der Waals surface area contributed by atoms with Crippen LogP contribution in [0, 0.1) is 10.1 Å². The molecule has 0 atom stereocenters. The molecule has 0 aliphatic rings. The second kappa shape index (κ2) is 11.0. The topological polar surface area (TPSA) is 130 Å². The molecule has 11 heteroatoms. The molecule has 4 aromatic rings. The first-order chi connectivity index (χ1) is 17.0. The van der Waals surface area contributed by atoms with Gasteiger partial charge in [0.05, 0.1) is 10.6 Å². The van der Waals surface area contributed by atoms with Crippen molar-refractivity contribution in [2.45, 2.75) is 13.5 Å². The highest BCUT2D eigenvalue weighted by atomic mass is 35.5. The monoisotopic (exact) mass is 488 g/mol. The molecule has 0 unspecified atom stereocenters. The summed E-state index contributed by atoms with van der Waals surface area (Å²) in [5.74, 6) is 0.787. The van der Waals surface area contributed by atoms with Crippen LogP contribution in [-0.4, -0.2) is 25.6 Å². The van der Waals surface area contributed by atoms with Gasteiger partial charge in [-0.2, -0.15) is 20.1 Å². The Hall–Kier alpha value is -4.57. The minimum atomic E-state index is -0.457. The lowest BCUT2D eigenvalue weighted by atomic mass is 10.1. The van der Waals surface area contributed by atoms with Gasteiger partial charge < -0.3 is 10.6 Å². The summed E-state index contributed by atoms with van der Waals surface area (Å²) in [6, 6.07) is 23.1. The van der Waals surface area contributed by atoms with E-state index < -0.39 is 4.92 Å². The number of hydrogen-bond acceptors (Lipinski definition) is 9. The molecule has 10 nitrogen and oxygen atoms in total. The van der Waals surface area contributed by atoms with Gasteiger partial charge in [-0.25, -0.2) is 5.43 Å². The van der Waals surface area contributed by atoms with Gasteiger partial charge in [0.15, 0.2) is 0 Å². The molecule has 176 valence electrons. The molecular weight excluding hydrogens is 468 g/mol. The Labute approximate surface area is 206 Å². The molecule has 0 amide bonds. The van der Waals surface area contributed by atoms with Crippen LogP contribution < -0.4 is 16.1 Å². The number of hydrazone groups is 1. The first kappa shape index (κ1) is 23.6. The van der Waals surface area contributed by atoms with Gasteiger partial charge >= 0.3 is 0 Å². The molecule has 0 saturated heterocycles. The van der Waals surface area contributed by atoms with Crippen LogP contribution >= 0.6 is 11.6 Å². The minimum absolute atomic E-state index is 0.00854. The molecule has 0 radical (unpaired) electrons. The first-order valence-corrected chi connectivity index (χ1v) is 11.0. The van der Waals surface area contributed by atoms with Crippen molar-refractivity contribution in [1.82, 2.24) is 15.0 Å². The number of hydrogen-bond donors (Lipinski definition) is 3. The summed E-state index contributed by atoms with van der Waals surface area (Å²) in [6.07, 6.45) is 0. The van der Waals surface area contributed by atoms with Crippen LogP contribution in [0.15, 0.2) is 84.0 Å². The van der Waals surface area contributed by atoms with Gasteiger partial charge in [0, 0.05) is 29.4 Å². The highest BCUT2D eigenvalue weighted by Crippen LogP contribution is 2.20. The molecular formula is C24H21ClN8O2. The Balaban J connectivity index is 1.56. The van der Waals surface area contributed by atoms with Crippen LogP contribution in [0.25, 0.3) is 0 Å². The number of nitrogens with zero attached hydrogens (tertiary/aromatic N) is 5. The number of benzene rings is 3.